The average molecular weight is 387 g/mol. The van der Waals surface area contributed by atoms with Crippen LogP contribution in [0.15, 0.2) is 48.5 Å². The van der Waals surface area contributed by atoms with Crippen LogP contribution in [0.25, 0.3) is 0 Å². The van der Waals surface area contributed by atoms with Gasteiger partial charge >= 0.3 is 5.97 Å². The minimum Gasteiger partial charge on any atom is -0.449 e. The van der Waals surface area contributed by atoms with Crippen molar-refractivity contribution in [2.75, 3.05) is 31.6 Å². The minimum absolute atomic E-state index is 0.308. The summed E-state index contributed by atoms with van der Waals surface area (Å²) in [6.45, 7) is 5.85. The van der Waals surface area contributed by atoms with Gasteiger partial charge in [-0.05, 0) is 37.3 Å². The first-order chi connectivity index (χ1) is 13.5. The number of hydrogen-bond acceptors (Lipinski definition) is 4. The van der Waals surface area contributed by atoms with E-state index in [1.54, 1.807) is 18.2 Å². The van der Waals surface area contributed by atoms with Crippen molar-refractivity contribution in [3.63, 3.8) is 0 Å². The number of benzene rings is 2. The fourth-order valence-corrected chi connectivity index (χ4v) is 2.98. The van der Waals surface area contributed by atoms with Crippen molar-refractivity contribution in [3.05, 3.63) is 65.5 Å². The number of halogens is 1. The Hall–Kier alpha value is -2.77. The molecule has 1 atom stereocenters. The lowest BCUT2D eigenvalue weighted by molar-refractivity contribution is -0.921. The molecule has 1 fully saturated rings. The third kappa shape index (κ3) is 5.61. The zero-order chi connectivity index (χ0) is 19.9. The summed E-state index contributed by atoms with van der Waals surface area (Å²) in [4.78, 5) is 25.9. The molecule has 0 aliphatic carbocycles. The van der Waals surface area contributed by atoms with Gasteiger partial charge in [-0.15, -0.1) is 0 Å². The summed E-state index contributed by atoms with van der Waals surface area (Å²) in [5, 5.41) is 2.52. The number of anilines is 1. The number of amides is 1. The molecule has 2 aromatic carbocycles. The molecule has 2 N–H and O–H groups in total. The molecule has 0 unspecified atom stereocenters. The van der Waals surface area contributed by atoms with Gasteiger partial charge in [-0.2, -0.15) is 0 Å². The van der Waals surface area contributed by atoms with Crippen LogP contribution in [0.5, 0.6) is 0 Å². The Kier molecular flexibility index (Phi) is 6.73. The van der Waals surface area contributed by atoms with Gasteiger partial charge in [0.25, 0.3) is 5.91 Å². The normalized spacial score (nSPS) is 15.6. The van der Waals surface area contributed by atoms with Gasteiger partial charge in [-0.3, -0.25) is 4.79 Å². The molecule has 1 amide bonds. The van der Waals surface area contributed by atoms with Crippen LogP contribution in [-0.4, -0.2) is 44.3 Å². The van der Waals surface area contributed by atoms with Gasteiger partial charge in [0.15, 0.2) is 6.10 Å². The zero-order valence-electron chi connectivity index (χ0n) is 15.7. The second kappa shape index (κ2) is 9.43. The van der Waals surface area contributed by atoms with E-state index in [1.165, 1.54) is 30.0 Å². The summed E-state index contributed by atoms with van der Waals surface area (Å²) in [6, 6.07) is 12.7. The molecule has 6 nitrogen and oxygen atoms in total. The third-order valence-electron chi connectivity index (χ3n) is 4.59. The predicted octanol–water partition coefficient (Wildman–Crippen LogP) is 1.42. The van der Waals surface area contributed by atoms with Crippen LogP contribution in [0.1, 0.15) is 22.8 Å². The maximum Gasteiger partial charge on any atom is 0.338 e. The Bertz CT molecular complexity index is 819. The van der Waals surface area contributed by atoms with E-state index in [1.807, 2.05) is 12.1 Å². The van der Waals surface area contributed by atoms with Crippen molar-refractivity contribution in [1.29, 1.82) is 0 Å². The zero-order valence-corrected chi connectivity index (χ0v) is 15.7. The summed E-state index contributed by atoms with van der Waals surface area (Å²) >= 11 is 0. The second-order valence-electron chi connectivity index (χ2n) is 6.78. The summed E-state index contributed by atoms with van der Waals surface area (Å²) < 4.78 is 23.8. The van der Waals surface area contributed by atoms with Gasteiger partial charge in [-0.25, -0.2) is 9.18 Å². The van der Waals surface area contributed by atoms with Crippen molar-refractivity contribution in [3.8, 4) is 0 Å². The summed E-state index contributed by atoms with van der Waals surface area (Å²) in [6.07, 6.45) is -1.01. The van der Waals surface area contributed by atoms with Crippen LogP contribution in [-0.2, 0) is 20.8 Å². The van der Waals surface area contributed by atoms with Gasteiger partial charge in [0.1, 0.15) is 25.5 Å². The lowest BCUT2D eigenvalue weighted by atomic mass is 10.1. The molecule has 0 saturated carbocycles. The first-order valence-corrected chi connectivity index (χ1v) is 9.29. The number of carbonyl (C=O) groups is 2. The van der Waals surface area contributed by atoms with Gasteiger partial charge < -0.3 is 19.7 Å². The van der Waals surface area contributed by atoms with Gasteiger partial charge in [0, 0.05) is 11.3 Å². The van der Waals surface area contributed by atoms with Gasteiger partial charge in [0.2, 0.25) is 0 Å². The van der Waals surface area contributed by atoms with Crippen LogP contribution in [0, 0.1) is 5.82 Å². The molecule has 0 bridgehead atoms. The topological polar surface area (TPSA) is 69.1 Å². The van der Waals surface area contributed by atoms with E-state index in [0.29, 0.717) is 11.3 Å². The maximum absolute atomic E-state index is 13.2. The Morgan fingerprint density at radius 2 is 1.89 bits per heavy atom. The number of esters is 1. The lowest BCUT2D eigenvalue weighted by Gasteiger charge is -2.23. The number of rotatable bonds is 6. The number of morpholine rings is 1. The summed E-state index contributed by atoms with van der Waals surface area (Å²) in [7, 11) is 0. The monoisotopic (exact) mass is 387 g/mol. The molecule has 7 heteroatoms. The Balaban J connectivity index is 1.52. The maximum atomic E-state index is 13.2. The van der Waals surface area contributed by atoms with E-state index in [4.69, 9.17) is 9.47 Å². The Labute approximate surface area is 163 Å². The van der Waals surface area contributed by atoms with E-state index in [9.17, 15) is 14.0 Å². The van der Waals surface area contributed by atoms with Crippen molar-refractivity contribution < 1.29 is 28.4 Å². The Morgan fingerprint density at radius 1 is 1.18 bits per heavy atom. The molecule has 0 spiro atoms. The van der Waals surface area contributed by atoms with E-state index in [-0.39, 0.29) is 0 Å². The van der Waals surface area contributed by atoms with E-state index >= 15 is 0 Å². The third-order valence-corrected chi connectivity index (χ3v) is 4.59. The molecule has 148 valence electrons. The fourth-order valence-electron chi connectivity index (χ4n) is 2.98. The number of carbonyl (C=O) groups excluding carboxylic acids is 2. The van der Waals surface area contributed by atoms with E-state index in [2.05, 4.69) is 5.32 Å². The molecule has 0 radical (unpaired) electrons. The molecule has 1 aliphatic heterocycles. The predicted molar refractivity (Wildman–Crippen MR) is 102 cm³/mol. The molecule has 3 rings (SSSR count). The second-order valence-corrected chi connectivity index (χ2v) is 6.78. The van der Waals surface area contributed by atoms with Crippen LogP contribution in [0.4, 0.5) is 10.1 Å². The molecular formula is C21H24FN2O4+. The van der Waals surface area contributed by atoms with Crippen LogP contribution in [0.3, 0.4) is 0 Å². The molecular weight excluding hydrogens is 363 g/mol. The molecule has 1 aliphatic rings. The van der Waals surface area contributed by atoms with Crippen LogP contribution in [0.2, 0.25) is 0 Å². The largest absolute Gasteiger partial charge is 0.449 e. The van der Waals surface area contributed by atoms with E-state index in [0.717, 1.165) is 38.4 Å². The number of hydrogen-bond donors (Lipinski definition) is 2. The van der Waals surface area contributed by atoms with Gasteiger partial charge in [0.05, 0.1) is 18.8 Å². The average Bonchev–Trinajstić information content (AvgIpc) is 2.69. The molecule has 1 saturated heterocycles. The highest BCUT2D eigenvalue weighted by Crippen LogP contribution is 2.11. The van der Waals surface area contributed by atoms with Crippen molar-refractivity contribution in [1.82, 2.24) is 0 Å². The number of ether oxygens (including phenoxy) is 2. The van der Waals surface area contributed by atoms with E-state index < -0.39 is 23.8 Å². The minimum atomic E-state index is -1.01. The molecule has 1 heterocycles. The van der Waals surface area contributed by atoms with Crippen molar-refractivity contribution >= 4 is 17.6 Å². The quantitative estimate of drug-likeness (QED) is 0.736. The fraction of sp³-hybridized carbons (Fsp3) is 0.333. The van der Waals surface area contributed by atoms with Crippen molar-refractivity contribution in [2.45, 2.75) is 19.6 Å². The SMILES string of the molecule is C[C@@H](OC(=O)c1ccc(C[NH+]2CCOCC2)cc1)C(=O)Nc1cccc(F)c1. The van der Waals surface area contributed by atoms with Gasteiger partial charge in [-0.1, -0.05) is 18.2 Å². The van der Waals surface area contributed by atoms with Crippen LogP contribution < -0.4 is 10.2 Å². The molecule has 28 heavy (non-hydrogen) atoms. The van der Waals surface area contributed by atoms with Crippen molar-refractivity contribution in [2.24, 2.45) is 0 Å². The highest BCUT2D eigenvalue weighted by Gasteiger charge is 2.20. The highest BCUT2D eigenvalue weighted by atomic mass is 19.1. The molecule has 0 aromatic heterocycles. The first-order valence-electron chi connectivity index (χ1n) is 9.29. The number of quaternary nitrogens is 1. The first kappa shape index (κ1) is 20.0. The standard InChI is InChI=1S/C21H23FN2O4/c1-15(20(25)23-19-4-2-3-18(22)13-19)28-21(26)17-7-5-16(6-8-17)14-24-9-11-27-12-10-24/h2-8,13,15H,9-12,14H2,1H3,(H,23,25)/p+1/t15-/m1/s1. The molecule has 2 aromatic rings. The summed E-state index contributed by atoms with van der Waals surface area (Å²) in [5.41, 5.74) is 1.82. The van der Waals surface area contributed by atoms with Crippen LogP contribution >= 0.6 is 0 Å². The highest BCUT2D eigenvalue weighted by molar-refractivity contribution is 5.97. The Morgan fingerprint density at radius 3 is 2.57 bits per heavy atom. The lowest BCUT2D eigenvalue weighted by Crippen LogP contribution is -3.12. The smallest absolute Gasteiger partial charge is 0.338 e. The number of nitrogens with one attached hydrogen (secondary N) is 2. The summed E-state index contributed by atoms with van der Waals surface area (Å²) in [5.74, 6) is -1.56.